The molecule has 0 aliphatic rings. The SMILES string of the molecule is Cc1ccc(-c2ccc(O)cc2)cc1C(c1ccccc1)c1cc(-c2ccc(O)cc2)ccc1O. The summed E-state index contributed by atoms with van der Waals surface area (Å²) in [6, 6.07) is 36.5. The Kier molecular flexibility index (Phi) is 5.99. The van der Waals surface area contributed by atoms with Gasteiger partial charge in [-0.05, 0) is 88.3 Å². The molecule has 0 heterocycles. The molecule has 5 aromatic rings. The van der Waals surface area contributed by atoms with Crippen molar-refractivity contribution in [2.45, 2.75) is 12.8 Å². The minimum atomic E-state index is -0.190. The summed E-state index contributed by atoms with van der Waals surface area (Å²) in [5.41, 5.74) is 8.09. The fraction of sp³-hybridized carbons (Fsp3) is 0.0625. The predicted molar refractivity (Wildman–Crippen MR) is 141 cm³/mol. The van der Waals surface area contributed by atoms with Crippen LogP contribution >= 0.6 is 0 Å². The highest BCUT2D eigenvalue weighted by Crippen LogP contribution is 2.41. The minimum absolute atomic E-state index is 0.190. The number of hydrogen-bond acceptors (Lipinski definition) is 3. The molecule has 5 rings (SSSR count). The summed E-state index contributed by atoms with van der Waals surface area (Å²) in [5, 5.41) is 30.5. The molecule has 3 N–H and O–H groups in total. The quantitative estimate of drug-likeness (QED) is 0.237. The van der Waals surface area contributed by atoms with E-state index in [1.807, 2.05) is 54.6 Å². The van der Waals surface area contributed by atoms with E-state index in [1.165, 1.54) is 0 Å². The van der Waals surface area contributed by atoms with Crippen LogP contribution in [0.25, 0.3) is 22.3 Å². The van der Waals surface area contributed by atoms with Crippen molar-refractivity contribution in [3.63, 3.8) is 0 Å². The lowest BCUT2D eigenvalue weighted by Gasteiger charge is -2.23. The van der Waals surface area contributed by atoms with Crippen LogP contribution in [0.1, 0.15) is 28.2 Å². The number of phenolic OH excluding ortho intramolecular Hbond substituents is 3. The molecular weight excluding hydrogens is 432 g/mol. The average molecular weight is 459 g/mol. The molecule has 0 aromatic heterocycles. The zero-order valence-corrected chi connectivity index (χ0v) is 19.4. The molecule has 35 heavy (non-hydrogen) atoms. The van der Waals surface area contributed by atoms with Crippen molar-refractivity contribution < 1.29 is 15.3 Å². The molecule has 172 valence electrons. The smallest absolute Gasteiger partial charge is 0.119 e. The Bertz CT molecular complexity index is 1360. The van der Waals surface area contributed by atoms with E-state index in [2.05, 4.69) is 37.3 Å². The van der Waals surface area contributed by atoms with E-state index in [9.17, 15) is 15.3 Å². The molecule has 0 amide bonds. The van der Waals surface area contributed by atoms with E-state index in [0.717, 1.165) is 44.5 Å². The van der Waals surface area contributed by atoms with Crippen LogP contribution in [-0.2, 0) is 0 Å². The van der Waals surface area contributed by atoms with Crippen molar-refractivity contribution in [2.75, 3.05) is 0 Å². The Labute approximate surface area is 205 Å². The first-order valence-electron chi connectivity index (χ1n) is 11.6. The van der Waals surface area contributed by atoms with Gasteiger partial charge in [0, 0.05) is 11.5 Å². The van der Waals surface area contributed by atoms with Crippen molar-refractivity contribution in [3.8, 4) is 39.5 Å². The highest BCUT2D eigenvalue weighted by Gasteiger charge is 2.23. The molecule has 1 atom stereocenters. The lowest BCUT2D eigenvalue weighted by Crippen LogP contribution is -2.06. The molecule has 1 unspecified atom stereocenters. The second kappa shape index (κ2) is 9.40. The molecule has 0 saturated carbocycles. The summed E-state index contributed by atoms with van der Waals surface area (Å²) < 4.78 is 0. The summed E-state index contributed by atoms with van der Waals surface area (Å²) >= 11 is 0. The van der Waals surface area contributed by atoms with Gasteiger partial charge in [0.15, 0.2) is 0 Å². The summed E-state index contributed by atoms with van der Waals surface area (Å²) in [7, 11) is 0. The van der Waals surface area contributed by atoms with Crippen LogP contribution in [0.2, 0.25) is 0 Å². The third-order valence-corrected chi connectivity index (χ3v) is 6.46. The molecule has 0 aliphatic carbocycles. The summed E-state index contributed by atoms with van der Waals surface area (Å²) in [6.07, 6.45) is 0. The number of hydrogen-bond donors (Lipinski definition) is 3. The van der Waals surface area contributed by atoms with E-state index < -0.39 is 0 Å². The van der Waals surface area contributed by atoms with Crippen molar-refractivity contribution in [1.29, 1.82) is 0 Å². The first kappa shape index (κ1) is 22.3. The second-order valence-corrected chi connectivity index (χ2v) is 8.78. The average Bonchev–Trinajstić information content (AvgIpc) is 2.88. The molecular formula is C32H26O3. The van der Waals surface area contributed by atoms with Crippen LogP contribution in [-0.4, -0.2) is 15.3 Å². The zero-order chi connectivity index (χ0) is 24.4. The maximum absolute atomic E-state index is 11.1. The highest BCUT2D eigenvalue weighted by atomic mass is 16.3. The van der Waals surface area contributed by atoms with E-state index in [1.54, 1.807) is 30.3 Å². The summed E-state index contributed by atoms with van der Waals surface area (Å²) in [5.74, 6) is 0.497. The van der Waals surface area contributed by atoms with E-state index in [0.29, 0.717) is 0 Å². The van der Waals surface area contributed by atoms with Crippen LogP contribution in [0.3, 0.4) is 0 Å². The van der Waals surface area contributed by atoms with Crippen LogP contribution in [0, 0.1) is 6.92 Å². The monoisotopic (exact) mass is 458 g/mol. The predicted octanol–water partition coefficient (Wildman–Crippen LogP) is 7.63. The number of rotatable bonds is 5. The summed E-state index contributed by atoms with van der Waals surface area (Å²) in [4.78, 5) is 0. The lowest BCUT2D eigenvalue weighted by molar-refractivity contribution is 0.467. The lowest BCUT2D eigenvalue weighted by atomic mass is 9.80. The Hall–Kier alpha value is -4.50. The number of aromatic hydroxyl groups is 3. The Morgan fingerprint density at radius 3 is 1.54 bits per heavy atom. The fourth-order valence-corrected chi connectivity index (χ4v) is 4.58. The van der Waals surface area contributed by atoms with E-state index in [-0.39, 0.29) is 23.2 Å². The van der Waals surface area contributed by atoms with Crippen LogP contribution < -0.4 is 0 Å². The van der Waals surface area contributed by atoms with Gasteiger partial charge in [-0.3, -0.25) is 0 Å². The molecule has 0 fully saturated rings. The first-order valence-corrected chi connectivity index (χ1v) is 11.6. The molecule has 5 aromatic carbocycles. The topological polar surface area (TPSA) is 60.7 Å². The van der Waals surface area contributed by atoms with Gasteiger partial charge in [-0.15, -0.1) is 0 Å². The van der Waals surface area contributed by atoms with E-state index >= 15 is 0 Å². The van der Waals surface area contributed by atoms with Crippen LogP contribution in [0.15, 0.2) is 115 Å². The maximum Gasteiger partial charge on any atom is 0.119 e. The Morgan fingerprint density at radius 1 is 0.486 bits per heavy atom. The molecule has 0 bridgehead atoms. The Morgan fingerprint density at radius 2 is 0.971 bits per heavy atom. The highest BCUT2D eigenvalue weighted by molar-refractivity contribution is 5.70. The van der Waals surface area contributed by atoms with Crippen molar-refractivity contribution in [1.82, 2.24) is 0 Å². The second-order valence-electron chi connectivity index (χ2n) is 8.78. The van der Waals surface area contributed by atoms with Gasteiger partial charge in [0.1, 0.15) is 17.2 Å². The molecule has 0 aliphatic heterocycles. The standard InChI is InChI=1S/C32H26O3/c1-21-7-8-25(22-9-14-27(33)15-10-22)19-29(21)32(24-5-3-2-4-6-24)30-20-26(13-18-31(30)35)23-11-16-28(34)17-12-23/h2-20,32-35H,1H3. The van der Waals surface area contributed by atoms with E-state index in [4.69, 9.17) is 0 Å². The third kappa shape index (κ3) is 4.62. The normalized spacial score (nSPS) is 11.8. The maximum atomic E-state index is 11.1. The van der Waals surface area contributed by atoms with Gasteiger partial charge in [-0.25, -0.2) is 0 Å². The fourth-order valence-electron chi connectivity index (χ4n) is 4.58. The van der Waals surface area contributed by atoms with Gasteiger partial charge in [0.25, 0.3) is 0 Å². The van der Waals surface area contributed by atoms with Gasteiger partial charge in [-0.2, -0.15) is 0 Å². The number of aryl methyl sites for hydroxylation is 1. The Balaban J connectivity index is 1.69. The van der Waals surface area contributed by atoms with Gasteiger partial charge in [-0.1, -0.05) is 72.8 Å². The van der Waals surface area contributed by atoms with Crippen molar-refractivity contribution >= 4 is 0 Å². The molecule has 0 radical (unpaired) electrons. The largest absolute Gasteiger partial charge is 0.508 e. The van der Waals surface area contributed by atoms with Gasteiger partial charge in [0.2, 0.25) is 0 Å². The van der Waals surface area contributed by atoms with Crippen LogP contribution in [0.4, 0.5) is 0 Å². The summed E-state index contributed by atoms with van der Waals surface area (Å²) in [6.45, 7) is 2.09. The zero-order valence-electron chi connectivity index (χ0n) is 19.4. The van der Waals surface area contributed by atoms with Gasteiger partial charge in [0.05, 0.1) is 0 Å². The van der Waals surface area contributed by atoms with Crippen molar-refractivity contribution in [3.05, 3.63) is 138 Å². The van der Waals surface area contributed by atoms with Crippen molar-refractivity contribution in [2.24, 2.45) is 0 Å². The van der Waals surface area contributed by atoms with Crippen LogP contribution in [0.5, 0.6) is 17.2 Å². The molecule has 0 saturated heterocycles. The van der Waals surface area contributed by atoms with Gasteiger partial charge >= 0.3 is 0 Å². The minimum Gasteiger partial charge on any atom is -0.508 e. The number of benzene rings is 5. The molecule has 3 heteroatoms. The first-order chi connectivity index (χ1) is 17.0. The molecule has 0 spiro atoms. The number of phenols is 3. The molecule has 3 nitrogen and oxygen atoms in total. The van der Waals surface area contributed by atoms with Gasteiger partial charge < -0.3 is 15.3 Å². The third-order valence-electron chi connectivity index (χ3n) is 6.46.